The van der Waals surface area contributed by atoms with Crippen molar-refractivity contribution in [3.8, 4) is 5.75 Å². The topological polar surface area (TPSA) is 26.3 Å². The molecule has 2 rings (SSSR count). The molecule has 6 heteroatoms. The number of hydrogen-bond donors (Lipinski definition) is 0. The Balaban J connectivity index is 2.34. The molecule has 0 unspecified atom stereocenters. The number of ketones is 1. The van der Waals surface area contributed by atoms with Gasteiger partial charge in [-0.25, -0.2) is 0 Å². The van der Waals surface area contributed by atoms with E-state index in [1.54, 1.807) is 0 Å². The molecule has 0 spiro atoms. The number of alkyl halides is 3. The van der Waals surface area contributed by atoms with E-state index in [1.807, 2.05) is 52.9 Å². The summed E-state index contributed by atoms with van der Waals surface area (Å²) in [6, 6.07) is 11.2. The van der Waals surface area contributed by atoms with Crippen LogP contribution in [0.5, 0.6) is 5.75 Å². The third kappa shape index (κ3) is 4.00. The Hall–Kier alpha value is -1.57. The molecule has 2 aromatic carbocycles. The number of carbonyl (C=O) groups is 1. The zero-order chi connectivity index (χ0) is 16.3. The molecule has 116 valence electrons. The fourth-order valence-corrected chi connectivity index (χ4v) is 2.55. The van der Waals surface area contributed by atoms with Gasteiger partial charge in [0, 0.05) is 5.56 Å². The monoisotopic (exact) mass is 420 g/mol. The van der Waals surface area contributed by atoms with E-state index in [9.17, 15) is 18.0 Å². The maximum atomic E-state index is 13.1. The van der Waals surface area contributed by atoms with Gasteiger partial charge >= 0.3 is 6.18 Å². The van der Waals surface area contributed by atoms with Gasteiger partial charge in [-0.2, -0.15) is 13.2 Å². The lowest BCUT2D eigenvalue weighted by molar-refractivity contribution is -0.138. The Morgan fingerprint density at radius 1 is 1.18 bits per heavy atom. The fraction of sp³-hybridized carbons (Fsp3) is 0.188. The minimum atomic E-state index is -4.60. The molecule has 0 aliphatic rings. The lowest BCUT2D eigenvalue weighted by Gasteiger charge is -2.15. The summed E-state index contributed by atoms with van der Waals surface area (Å²) in [6.07, 6.45) is -4.60. The van der Waals surface area contributed by atoms with Crippen LogP contribution in [-0.4, -0.2) is 5.78 Å². The second-order valence-corrected chi connectivity index (χ2v) is 5.82. The number of halogens is 4. The van der Waals surface area contributed by atoms with E-state index in [4.69, 9.17) is 4.74 Å². The predicted molar refractivity (Wildman–Crippen MR) is 84.9 cm³/mol. The summed E-state index contributed by atoms with van der Waals surface area (Å²) >= 11 is 1.86. The first-order valence-corrected chi connectivity index (χ1v) is 7.45. The molecule has 0 atom stereocenters. The van der Waals surface area contributed by atoms with Crippen LogP contribution in [0, 0.1) is 3.57 Å². The first kappa shape index (κ1) is 16.8. The van der Waals surface area contributed by atoms with Crippen LogP contribution in [0.15, 0.2) is 42.5 Å². The van der Waals surface area contributed by atoms with Crippen LogP contribution in [0.25, 0.3) is 0 Å². The summed E-state index contributed by atoms with van der Waals surface area (Å²) in [5.74, 6) is -0.512. The Bertz CT molecular complexity index is 682. The molecular formula is C16H12F3IO2. The normalized spacial score (nSPS) is 11.3. The molecule has 0 N–H and O–H groups in total. The van der Waals surface area contributed by atoms with Crippen molar-refractivity contribution in [3.63, 3.8) is 0 Å². The lowest BCUT2D eigenvalue weighted by Crippen LogP contribution is -2.13. The standard InChI is InChI=1S/C16H12F3IO2/c1-10(21)12-7-14(20)15(8-13(12)16(17,18)19)22-9-11-5-3-2-4-6-11/h2-8H,9H2,1H3. The first-order valence-electron chi connectivity index (χ1n) is 6.37. The number of hydrogen-bond acceptors (Lipinski definition) is 2. The SMILES string of the molecule is CC(=O)c1cc(I)c(OCc2ccccc2)cc1C(F)(F)F. The molecule has 0 aliphatic carbocycles. The highest BCUT2D eigenvalue weighted by molar-refractivity contribution is 14.1. The van der Waals surface area contributed by atoms with Gasteiger partial charge in [0.15, 0.2) is 5.78 Å². The molecule has 2 nitrogen and oxygen atoms in total. The van der Waals surface area contributed by atoms with E-state index in [2.05, 4.69) is 0 Å². The maximum Gasteiger partial charge on any atom is 0.417 e. The largest absolute Gasteiger partial charge is 0.488 e. The van der Waals surface area contributed by atoms with E-state index < -0.39 is 17.5 Å². The van der Waals surface area contributed by atoms with Crippen LogP contribution < -0.4 is 4.74 Å². The molecule has 0 aromatic heterocycles. The van der Waals surface area contributed by atoms with Crippen LogP contribution in [0.3, 0.4) is 0 Å². The second-order valence-electron chi connectivity index (χ2n) is 4.66. The molecule has 0 heterocycles. The molecule has 0 amide bonds. The lowest BCUT2D eigenvalue weighted by atomic mass is 10.0. The van der Waals surface area contributed by atoms with Gasteiger partial charge in [-0.1, -0.05) is 30.3 Å². The van der Waals surface area contributed by atoms with E-state index >= 15 is 0 Å². The van der Waals surface area contributed by atoms with Crippen molar-refractivity contribution in [2.24, 2.45) is 0 Å². The zero-order valence-corrected chi connectivity index (χ0v) is 13.7. The van der Waals surface area contributed by atoms with Gasteiger partial charge in [-0.3, -0.25) is 4.79 Å². The summed E-state index contributed by atoms with van der Waals surface area (Å²) in [4.78, 5) is 11.4. The van der Waals surface area contributed by atoms with Crippen molar-refractivity contribution in [3.05, 3.63) is 62.7 Å². The number of carbonyl (C=O) groups excluding carboxylic acids is 1. The van der Waals surface area contributed by atoms with Crippen LogP contribution in [-0.2, 0) is 12.8 Å². The third-order valence-electron chi connectivity index (χ3n) is 2.99. The van der Waals surface area contributed by atoms with Crippen LogP contribution in [0.2, 0.25) is 0 Å². The summed E-state index contributed by atoms with van der Waals surface area (Å²) in [6.45, 7) is 1.28. The third-order valence-corrected chi connectivity index (χ3v) is 3.84. The Morgan fingerprint density at radius 3 is 2.36 bits per heavy atom. The van der Waals surface area contributed by atoms with Crippen LogP contribution in [0.1, 0.15) is 28.4 Å². The second kappa shape index (κ2) is 6.68. The van der Waals surface area contributed by atoms with E-state index in [-0.39, 0.29) is 17.9 Å². The van der Waals surface area contributed by atoms with Gasteiger partial charge in [0.25, 0.3) is 0 Å². The molecule has 22 heavy (non-hydrogen) atoms. The van der Waals surface area contributed by atoms with Gasteiger partial charge in [-0.15, -0.1) is 0 Å². The zero-order valence-electron chi connectivity index (χ0n) is 11.6. The van der Waals surface area contributed by atoms with E-state index in [1.165, 1.54) is 6.07 Å². The fourth-order valence-electron chi connectivity index (χ4n) is 1.93. The first-order chi connectivity index (χ1) is 10.3. The summed E-state index contributed by atoms with van der Waals surface area (Å²) in [7, 11) is 0. The summed E-state index contributed by atoms with van der Waals surface area (Å²) < 4.78 is 45.2. The average molecular weight is 420 g/mol. The average Bonchev–Trinajstić information content (AvgIpc) is 2.45. The van der Waals surface area contributed by atoms with Gasteiger partial charge in [0.2, 0.25) is 0 Å². The van der Waals surface area contributed by atoms with Crippen LogP contribution in [0.4, 0.5) is 13.2 Å². The Morgan fingerprint density at radius 2 is 1.82 bits per heavy atom. The highest BCUT2D eigenvalue weighted by Gasteiger charge is 2.35. The number of ether oxygens (including phenoxy) is 1. The highest BCUT2D eigenvalue weighted by Crippen LogP contribution is 2.37. The van der Waals surface area contributed by atoms with Crippen molar-refractivity contribution in [2.45, 2.75) is 19.7 Å². The van der Waals surface area contributed by atoms with Crippen molar-refractivity contribution < 1.29 is 22.7 Å². The van der Waals surface area contributed by atoms with Crippen LogP contribution >= 0.6 is 22.6 Å². The van der Waals surface area contributed by atoms with E-state index in [0.29, 0.717) is 3.57 Å². The molecule has 0 saturated heterocycles. The molecule has 0 radical (unpaired) electrons. The minimum Gasteiger partial charge on any atom is -0.488 e. The maximum absolute atomic E-state index is 13.1. The van der Waals surface area contributed by atoms with Crippen molar-refractivity contribution in [2.75, 3.05) is 0 Å². The Kier molecular flexibility index (Phi) is 5.10. The summed E-state index contributed by atoms with van der Waals surface area (Å²) in [5.41, 5.74) is -0.463. The van der Waals surface area contributed by atoms with Crippen molar-refractivity contribution in [1.82, 2.24) is 0 Å². The number of benzene rings is 2. The highest BCUT2D eigenvalue weighted by atomic mass is 127. The van der Waals surface area contributed by atoms with E-state index in [0.717, 1.165) is 18.6 Å². The molecule has 0 aliphatic heterocycles. The van der Waals surface area contributed by atoms with Gasteiger partial charge in [0.1, 0.15) is 12.4 Å². The summed E-state index contributed by atoms with van der Waals surface area (Å²) in [5, 5.41) is 0. The van der Waals surface area contributed by atoms with Gasteiger partial charge in [-0.05, 0) is 47.2 Å². The quantitative estimate of drug-likeness (QED) is 0.509. The molecule has 2 aromatic rings. The predicted octanol–water partition coefficient (Wildman–Crippen LogP) is 5.09. The molecule has 0 bridgehead atoms. The number of rotatable bonds is 4. The molecule has 0 saturated carbocycles. The number of Topliss-reactive ketones (excluding diaryl/α,β-unsaturated/α-hetero) is 1. The Labute approximate surface area is 139 Å². The smallest absolute Gasteiger partial charge is 0.417 e. The minimum absolute atomic E-state index is 0.113. The molecular weight excluding hydrogens is 408 g/mol. The van der Waals surface area contributed by atoms with Crippen molar-refractivity contribution >= 4 is 28.4 Å². The molecule has 0 fully saturated rings. The van der Waals surface area contributed by atoms with Crippen molar-refractivity contribution in [1.29, 1.82) is 0 Å². The van der Waals surface area contributed by atoms with Gasteiger partial charge in [0.05, 0.1) is 9.13 Å². The van der Waals surface area contributed by atoms with Gasteiger partial charge < -0.3 is 4.74 Å².